The zero-order valence-electron chi connectivity index (χ0n) is 20.4. The first-order valence-corrected chi connectivity index (χ1v) is 11.6. The molecule has 34 heavy (non-hydrogen) atoms. The van der Waals surface area contributed by atoms with E-state index in [2.05, 4.69) is 36.6 Å². The molecule has 0 aliphatic heterocycles. The lowest BCUT2D eigenvalue weighted by Gasteiger charge is -2.29. The first kappa shape index (κ1) is 25.3. The smallest absolute Gasteiger partial charge is 0.325 e. The minimum atomic E-state index is -1.07. The normalized spacial score (nSPS) is 12.2. The molecule has 6 heteroatoms. The molecule has 3 rings (SSSR count). The molecule has 0 heterocycles. The van der Waals surface area contributed by atoms with Crippen LogP contribution in [0.4, 0.5) is 5.69 Å². The van der Waals surface area contributed by atoms with Gasteiger partial charge in [-0.1, -0.05) is 48.0 Å². The Morgan fingerprint density at radius 2 is 1.56 bits per heavy atom. The van der Waals surface area contributed by atoms with Crippen molar-refractivity contribution in [3.8, 4) is 11.1 Å². The highest BCUT2D eigenvalue weighted by atomic mass is 35.5. The first-order chi connectivity index (χ1) is 15.9. The van der Waals surface area contributed by atoms with Crippen LogP contribution in [0.25, 0.3) is 11.1 Å². The summed E-state index contributed by atoms with van der Waals surface area (Å²) < 4.78 is 0. The van der Waals surface area contributed by atoms with Gasteiger partial charge in [0.15, 0.2) is 0 Å². The second-order valence-electron chi connectivity index (χ2n) is 9.31. The van der Waals surface area contributed by atoms with Crippen molar-refractivity contribution in [2.45, 2.75) is 53.1 Å². The van der Waals surface area contributed by atoms with Crippen LogP contribution in [0.5, 0.6) is 0 Å². The number of carboxylic acids is 1. The Hall–Kier alpha value is -3.31. The number of nitrogens with one attached hydrogen (secondary N) is 2. The lowest BCUT2D eigenvalue weighted by Crippen LogP contribution is -2.38. The number of hydrogen-bond donors (Lipinski definition) is 3. The zero-order chi connectivity index (χ0) is 25.2. The summed E-state index contributed by atoms with van der Waals surface area (Å²) in [6.45, 7) is 11.4. The second-order valence-corrected chi connectivity index (χ2v) is 9.72. The van der Waals surface area contributed by atoms with Gasteiger partial charge in [0.05, 0.1) is 5.54 Å². The van der Waals surface area contributed by atoms with Gasteiger partial charge in [-0.15, -0.1) is 0 Å². The van der Waals surface area contributed by atoms with E-state index in [1.807, 2.05) is 63.2 Å². The highest BCUT2D eigenvalue weighted by Crippen LogP contribution is 2.32. The Labute approximate surface area is 206 Å². The van der Waals surface area contributed by atoms with E-state index in [1.54, 1.807) is 0 Å². The summed E-state index contributed by atoms with van der Waals surface area (Å²) in [7, 11) is 0. The monoisotopic (exact) mass is 478 g/mol. The molecule has 0 radical (unpaired) electrons. The number of halogens is 1. The minimum Gasteiger partial charge on any atom is -0.480 e. The van der Waals surface area contributed by atoms with Gasteiger partial charge in [0.25, 0.3) is 5.91 Å². The molecule has 3 aromatic rings. The second kappa shape index (κ2) is 9.90. The van der Waals surface area contributed by atoms with Crippen molar-refractivity contribution >= 4 is 29.2 Å². The molecule has 0 saturated carbocycles. The molecular weight excluding hydrogens is 448 g/mol. The van der Waals surface area contributed by atoms with E-state index >= 15 is 0 Å². The van der Waals surface area contributed by atoms with Crippen molar-refractivity contribution in [1.82, 2.24) is 5.32 Å². The summed E-state index contributed by atoms with van der Waals surface area (Å²) in [4.78, 5) is 23.7. The van der Waals surface area contributed by atoms with E-state index in [-0.39, 0.29) is 11.4 Å². The largest absolute Gasteiger partial charge is 0.480 e. The third-order valence-corrected chi connectivity index (χ3v) is 6.43. The molecule has 3 N–H and O–H groups in total. The molecule has 0 aliphatic rings. The number of rotatable bonds is 7. The lowest BCUT2D eigenvalue weighted by atomic mass is 9.92. The predicted molar refractivity (Wildman–Crippen MR) is 139 cm³/mol. The van der Waals surface area contributed by atoms with E-state index in [4.69, 9.17) is 16.7 Å². The number of anilines is 1. The molecule has 0 aliphatic carbocycles. The van der Waals surface area contributed by atoms with Crippen molar-refractivity contribution in [2.75, 3.05) is 5.32 Å². The van der Waals surface area contributed by atoms with Gasteiger partial charge < -0.3 is 15.7 Å². The standard InChI is InChI=1S/C28H31ClN2O3/c1-16-14-22(10-11-24(16)29)28(5,6)31-23-9-7-8-20(15-23)21-12-17(2)25(18(3)13-21)26(32)30-19(4)27(33)34/h7-15,19,31H,1-6H3,(H,30,32)(H,33,34)/t19-/m0/s1. The van der Waals surface area contributed by atoms with E-state index < -0.39 is 12.0 Å². The average molecular weight is 479 g/mol. The lowest BCUT2D eigenvalue weighted by molar-refractivity contribution is -0.138. The van der Waals surface area contributed by atoms with Crippen molar-refractivity contribution in [3.05, 3.63) is 87.4 Å². The molecule has 0 spiro atoms. The minimum absolute atomic E-state index is 0.317. The average Bonchev–Trinajstić information content (AvgIpc) is 2.74. The molecule has 5 nitrogen and oxygen atoms in total. The van der Waals surface area contributed by atoms with Crippen LogP contribution >= 0.6 is 11.6 Å². The zero-order valence-corrected chi connectivity index (χ0v) is 21.2. The molecular formula is C28H31ClN2O3. The van der Waals surface area contributed by atoms with Crippen molar-refractivity contribution in [2.24, 2.45) is 0 Å². The first-order valence-electron chi connectivity index (χ1n) is 11.2. The molecule has 0 bridgehead atoms. The van der Waals surface area contributed by atoms with Crippen molar-refractivity contribution < 1.29 is 14.7 Å². The van der Waals surface area contributed by atoms with Crippen LogP contribution in [-0.2, 0) is 10.3 Å². The summed E-state index contributed by atoms with van der Waals surface area (Å²) in [6.07, 6.45) is 0. The fourth-order valence-corrected chi connectivity index (χ4v) is 4.18. The summed E-state index contributed by atoms with van der Waals surface area (Å²) in [5, 5.41) is 16.0. The van der Waals surface area contributed by atoms with E-state index in [9.17, 15) is 9.59 Å². The van der Waals surface area contributed by atoms with E-state index in [0.29, 0.717) is 5.56 Å². The van der Waals surface area contributed by atoms with Gasteiger partial charge in [-0.25, -0.2) is 0 Å². The predicted octanol–water partition coefficient (Wildman–Crippen LogP) is 6.48. The fourth-order valence-electron chi connectivity index (χ4n) is 4.06. The maximum atomic E-state index is 12.6. The third-order valence-electron chi connectivity index (χ3n) is 6.01. The van der Waals surface area contributed by atoms with Gasteiger partial charge >= 0.3 is 5.97 Å². The summed E-state index contributed by atoms with van der Waals surface area (Å²) >= 11 is 6.20. The fraction of sp³-hybridized carbons (Fsp3) is 0.286. The molecule has 0 saturated heterocycles. The number of aliphatic carboxylic acids is 1. The molecule has 0 fully saturated rings. The number of aryl methyl sites for hydroxylation is 3. The molecule has 1 atom stereocenters. The summed E-state index contributed by atoms with van der Waals surface area (Å²) in [5.74, 6) is -1.45. The van der Waals surface area contributed by atoms with E-state index in [1.165, 1.54) is 6.92 Å². The van der Waals surface area contributed by atoms with Gasteiger partial charge in [0, 0.05) is 16.3 Å². The van der Waals surface area contributed by atoms with Crippen molar-refractivity contribution in [1.29, 1.82) is 0 Å². The number of carboxylic acid groups (broad SMARTS) is 1. The number of carbonyl (C=O) groups is 2. The van der Waals surface area contributed by atoms with Crippen LogP contribution in [0, 0.1) is 20.8 Å². The van der Waals surface area contributed by atoms with Gasteiger partial charge in [0.1, 0.15) is 6.04 Å². The summed E-state index contributed by atoms with van der Waals surface area (Å²) in [5.41, 5.74) is 6.93. The highest BCUT2D eigenvalue weighted by Gasteiger charge is 2.22. The molecule has 1 amide bonds. The number of benzene rings is 3. The number of hydrogen-bond acceptors (Lipinski definition) is 3. The van der Waals surface area contributed by atoms with Crippen LogP contribution in [-0.4, -0.2) is 23.0 Å². The number of amides is 1. The van der Waals surface area contributed by atoms with Crippen LogP contribution in [0.2, 0.25) is 5.02 Å². The highest BCUT2D eigenvalue weighted by molar-refractivity contribution is 6.31. The van der Waals surface area contributed by atoms with Gasteiger partial charge in [-0.2, -0.15) is 0 Å². The molecule has 178 valence electrons. The van der Waals surface area contributed by atoms with E-state index in [0.717, 1.165) is 44.1 Å². The molecule has 0 aromatic heterocycles. The molecule has 3 aromatic carbocycles. The van der Waals surface area contributed by atoms with Crippen LogP contribution < -0.4 is 10.6 Å². The quantitative estimate of drug-likeness (QED) is 0.363. The Morgan fingerprint density at radius 1 is 0.912 bits per heavy atom. The Balaban J connectivity index is 1.88. The number of carbonyl (C=O) groups excluding carboxylic acids is 1. The van der Waals surface area contributed by atoms with Crippen LogP contribution in [0.1, 0.15) is 53.4 Å². The van der Waals surface area contributed by atoms with Gasteiger partial charge in [-0.3, -0.25) is 9.59 Å². The van der Waals surface area contributed by atoms with Crippen LogP contribution in [0.3, 0.4) is 0 Å². The maximum Gasteiger partial charge on any atom is 0.325 e. The topological polar surface area (TPSA) is 78.4 Å². The van der Waals surface area contributed by atoms with Crippen LogP contribution in [0.15, 0.2) is 54.6 Å². The van der Waals surface area contributed by atoms with Gasteiger partial charge in [0.2, 0.25) is 0 Å². The Bertz CT molecular complexity index is 1230. The van der Waals surface area contributed by atoms with Crippen molar-refractivity contribution in [3.63, 3.8) is 0 Å². The Kier molecular flexibility index (Phi) is 7.37. The molecule has 0 unspecified atom stereocenters. The van der Waals surface area contributed by atoms with Gasteiger partial charge in [-0.05, 0) is 93.1 Å². The Morgan fingerprint density at radius 3 is 2.15 bits per heavy atom. The third kappa shape index (κ3) is 5.60. The summed E-state index contributed by atoms with van der Waals surface area (Å²) in [6, 6.07) is 17.2. The maximum absolute atomic E-state index is 12.6. The SMILES string of the molecule is Cc1cc(C(C)(C)Nc2cccc(-c3cc(C)c(C(=O)N[C@@H](C)C(=O)O)c(C)c3)c2)ccc1Cl.